The average Bonchev–Trinajstić information content (AvgIpc) is 2.91. The predicted molar refractivity (Wildman–Crippen MR) is 99.9 cm³/mol. The van der Waals surface area contributed by atoms with E-state index in [1.54, 1.807) is 16.8 Å². The van der Waals surface area contributed by atoms with Gasteiger partial charge >= 0.3 is 0 Å². The van der Waals surface area contributed by atoms with Crippen molar-refractivity contribution in [2.24, 2.45) is 5.92 Å². The lowest BCUT2D eigenvalue weighted by Gasteiger charge is -2.32. The second-order valence-electron chi connectivity index (χ2n) is 7.10. The number of benzene rings is 1. The Balaban J connectivity index is 1.70. The van der Waals surface area contributed by atoms with Gasteiger partial charge in [-0.25, -0.2) is 9.07 Å². The van der Waals surface area contributed by atoms with Gasteiger partial charge in [-0.05, 0) is 70.5 Å². The number of hydrogen-bond acceptors (Lipinski definition) is 3. The molecule has 2 aromatic rings. The Hall–Kier alpha value is -2.21. The quantitative estimate of drug-likeness (QED) is 0.894. The predicted octanol–water partition coefficient (Wildman–Crippen LogP) is 2.63. The first-order valence-electron chi connectivity index (χ1n) is 9.23. The van der Waals surface area contributed by atoms with Gasteiger partial charge in [0.1, 0.15) is 5.82 Å². The molecule has 0 saturated carbocycles. The molecule has 0 aliphatic carbocycles. The van der Waals surface area contributed by atoms with Gasteiger partial charge in [0, 0.05) is 24.3 Å². The first-order chi connectivity index (χ1) is 12.5. The van der Waals surface area contributed by atoms with E-state index < -0.39 is 0 Å². The molecule has 1 fully saturated rings. The molecule has 0 radical (unpaired) electrons. The van der Waals surface area contributed by atoms with E-state index in [2.05, 4.69) is 10.4 Å². The molecular weight excluding hydrogens is 331 g/mol. The summed E-state index contributed by atoms with van der Waals surface area (Å²) >= 11 is 0. The molecule has 140 valence electrons. The van der Waals surface area contributed by atoms with Crippen LogP contribution >= 0.6 is 0 Å². The highest BCUT2D eigenvalue weighted by molar-refractivity contribution is 5.79. The molecule has 6 heteroatoms. The molecule has 0 unspecified atom stereocenters. The first kappa shape index (κ1) is 18.6. The third kappa shape index (κ3) is 3.96. The maximum Gasteiger partial charge on any atom is 0.227 e. The number of carbonyl (C=O) groups is 1. The summed E-state index contributed by atoms with van der Waals surface area (Å²) in [6.45, 7) is 6.56. The van der Waals surface area contributed by atoms with Crippen LogP contribution in [0.5, 0.6) is 0 Å². The molecule has 0 bridgehead atoms. The van der Waals surface area contributed by atoms with Gasteiger partial charge in [0.15, 0.2) is 0 Å². The van der Waals surface area contributed by atoms with Crippen LogP contribution in [-0.4, -0.2) is 47.3 Å². The zero-order valence-electron chi connectivity index (χ0n) is 15.8. The van der Waals surface area contributed by atoms with E-state index in [9.17, 15) is 9.18 Å². The first-order valence-corrected chi connectivity index (χ1v) is 9.23. The van der Waals surface area contributed by atoms with Crippen LogP contribution in [0.2, 0.25) is 0 Å². The Morgan fingerprint density at radius 2 is 1.88 bits per heavy atom. The number of halogens is 1. The molecule has 1 aliphatic rings. The lowest BCUT2D eigenvalue weighted by Crippen LogP contribution is -2.41. The van der Waals surface area contributed by atoms with Crippen molar-refractivity contribution in [2.75, 3.05) is 26.7 Å². The van der Waals surface area contributed by atoms with Crippen molar-refractivity contribution in [2.45, 2.75) is 33.1 Å². The standard InChI is InChI=1S/C20H27FN4O/c1-14-19(12-20(26)24-10-8-16(9-11-24)13-22-3)15(2)25(23-14)18-6-4-17(21)5-7-18/h4-7,16,22H,8-13H2,1-3H3. The molecular formula is C20H27FN4O. The van der Waals surface area contributed by atoms with E-state index >= 15 is 0 Å². The molecule has 2 heterocycles. The number of piperidine rings is 1. The van der Waals surface area contributed by atoms with Crippen molar-refractivity contribution < 1.29 is 9.18 Å². The van der Waals surface area contributed by atoms with E-state index in [1.165, 1.54) is 12.1 Å². The smallest absolute Gasteiger partial charge is 0.227 e. The molecule has 1 N–H and O–H groups in total. The average molecular weight is 358 g/mol. The number of amides is 1. The summed E-state index contributed by atoms with van der Waals surface area (Å²) in [5, 5.41) is 7.78. The van der Waals surface area contributed by atoms with E-state index in [4.69, 9.17) is 0 Å². The van der Waals surface area contributed by atoms with E-state index in [0.717, 1.165) is 55.1 Å². The summed E-state index contributed by atoms with van der Waals surface area (Å²) in [6, 6.07) is 6.25. The van der Waals surface area contributed by atoms with Crippen molar-refractivity contribution in [1.29, 1.82) is 0 Å². The Morgan fingerprint density at radius 1 is 1.23 bits per heavy atom. The van der Waals surface area contributed by atoms with E-state index in [0.29, 0.717) is 12.3 Å². The number of nitrogens with zero attached hydrogens (tertiary/aromatic N) is 3. The number of aromatic nitrogens is 2. The fourth-order valence-corrected chi connectivity index (χ4v) is 3.70. The van der Waals surface area contributed by atoms with Gasteiger partial charge in [-0.1, -0.05) is 0 Å². The fraction of sp³-hybridized carbons (Fsp3) is 0.500. The van der Waals surface area contributed by atoms with Crippen LogP contribution in [0.3, 0.4) is 0 Å². The number of likely N-dealkylation sites (tertiary alicyclic amines) is 1. The number of rotatable bonds is 5. The second kappa shape index (κ2) is 7.99. The molecule has 1 aliphatic heterocycles. The van der Waals surface area contributed by atoms with Gasteiger partial charge in [-0.3, -0.25) is 4.79 Å². The third-order valence-electron chi connectivity index (χ3n) is 5.30. The minimum absolute atomic E-state index is 0.165. The summed E-state index contributed by atoms with van der Waals surface area (Å²) in [5.41, 5.74) is 3.56. The van der Waals surface area contributed by atoms with E-state index in [1.807, 2.05) is 25.8 Å². The van der Waals surface area contributed by atoms with Gasteiger partial charge < -0.3 is 10.2 Å². The van der Waals surface area contributed by atoms with Gasteiger partial charge in [0.05, 0.1) is 17.8 Å². The van der Waals surface area contributed by atoms with Gasteiger partial charge in [-0.2, -0.15) is 5.10 Å². The second-order valence-corrected chi connectivity index (χ2v) is 7.10. The maximum absolute atomic E-state index is 13.2. The zero-order chi connectivity index (χ0) is 18.7. The van der Waals surface area contributed by atoms with Crippen molar-refractivity contribution in [3.05, 3.63) is 47.0 Å². The number of hydrogen-bond donors (Lipinski definition) is 1. The minimum atomic E-state index is -0.271. The maximum atomic E-state index is 13.2. The molecule has 1 aromatic carbocycles. The molecule has 1 amide bonds. The largest absolute Gasteiger partial charge is 0.342 e. The molecule has 1 saturated heterocycles. The summed E-state index contributed by atoms with van der Waals surface area (Å²) in [7, 11) is 1.97. The molecule has 1 aromatic heterocycles. The van der Waals surface area contributed by atoms with Crippen LogP contribution in [-0.2, 0) is 11.2 Å². The normalized spacial score (nSPS) is 15.5. The summed E-state index contributed by atoms with van der Waals surface area (Å²) in [5.74, 6) is 0.555. The van der Waals surface area contributed by atoms with Crippen LogP contribution in [0.15, 0.2) is 24.3 Å². The highest BCUT2D eigenvalue weighted by Gasteiger charge is 2.24. The molecule has 3 rings (SSSR count). The van der Waals surface area contributed by atoms with Crippen LogP contribution in [0.25, 0.3) is 5.69 Å². The molecule has 26 heavy (non-hydrogen) atoms. The number of nitrogens with one attached hydrogen (secondary N) is 1. The third-order valence-corrected chi connectivity index (χ3v) is 5.30. The number of aryl methyl sites for hydroxylation is 1. The Labute approximate surface area is 154 Å². The Morgan fingerprint density at radius 3 is 2.50 bits per heavy atom. The van der Waals surface area contributed by atoms with Crippen molar-refractivity contribution >= 4 is 5.91 Å². The summed E-state index contributed by atoms with van der Waals surface area (Å²) < 4.78 is 14.9. The summed E-state index contributed by atoms with van der Waals surface area (Å²) in [4.78, 5) is 14.7. The zero-order valence-corrected chi connectivity index (χ0v) is 15.8. The summed E-state index contributed by atoms with van der Waals surface area (Å²) in [6.07, 6.45) is 2.48. The molecule has 5 nitrogen and oxygen atoms in total. The lowest BCUT2D eigenvalue weighted by molar-refractivity contribution is -0.131. The van der Waals surface area contributed by atoms with Crippen LogP contribution < -0.4 is 5.32 Å². The Kier molecular flexibility index (Phi) is 5.71. The van der Waals surface area contributed by atoms with Crippen LogP contribution in [0.1, 0.15) is 29.8 Å². The van der Waals surface area contributed by atoms with Crippen LogP contribution in [0.4, 0.5) is 4.39 Å². The van der Waals surface area contributed by atoms with Crippen molar-refractivity contribution in [3.8, 4) is 5.69 Å². The lowest BCUT2D eigenvalue weighted by atomic mass is 9.96. The topological polar surface area (TPSA) is 50.2 Å². The molecule has 0 atom stereocenters. The monoisotopic (exact) mass is 358 g/mol. The highest BCUT2D eigenvalue weighted by atomic mass is 19.1. The van der Waals surface area contributed by atoms with Crippen molar-refractivity contribution in [1.82, 2.24) is 20.0 Å². The van der Waals surface area contributed by atoms with Gasteiger partial charge in [0.2, 0.25) is 5.91 Å². The van der Waals surface area contributed by atoms with Crippen LogP contribution in [0, 0.1) is 25.6 Å². The van der Waals surface area contributed by atoms with Gasteiger partial charge in [-0.15, -0.1) is 0 Å². The number of carbonyl (C=O) groups excluding carboxylic acids is 1. The minimum Gasteiger partial charge on any atom is -0.342 e. The fourth-order valence-electron chi connectivity index (χ4n) is 3.70. The molecule has 0 spiro atoms. The SMILES string of the molecule is CNCC1CCN(C(=O)Cc2c(C)nn(-c3ccc(F)cc3)c2C)CC1. The highest BCUT2D eigenvalue weighted by Crippen LogP contribution is 2.21. The Bertz CT molecular complexity index is 761. The van der Waals surface area contributed by atoms with Crippen molar-refractivity contribution in [3.63, 3.8) is 0 Å². The van der Waals surface area contributed by atoms with E-state index in [-0.39, 0.29) is 11.7 Å². The van der Waals surface area contributed by atoms with Gasteiger partial charge in [0.25, 0.3) is 0 Å².